The number of nitrogens with two attached hydrogens (primary N) is 1. The Balaban J connectivity index is 1.77. The highest BCUT2D eigenvalue weighted by molar-refractivity contribution is 7.09. The topological polar surface area (TPSA) is 59.2 Å². The molecule has 5 heteroatoms. The second-order valence-electron chi connectivity index (χ2n) is 6.45. The predicted octanol–water partition coefficient (Wildman–Crippen LogP) is 3.08. The highest BCUT2D eigenvalue weighted by Gasteiger charge is 2.36. The molecule has 2 atom stereocenters. The molecule has 1 aromatic carbocycles. The summed E-state index contributed by atoms with van der Waals surface area (Å²) in [5, 5.41) is 2.90. The summed E-state index contributed by atoms with van der Waals surface area (Å²) in [6.45, 7) is 6.22. The Morgan fingerprint density at radius 2 is 2.09 bits per heavy atom. The summed E-state index contributed by atoms with van der Waals surface area (Å²) in [6.07, 6.45) is 0. The quantitative estimate of drug-likeness (QED) is 0.938. The summed E-state index contributed by atoms with van der Waals surface area (Å²) in [7, 11) is 0. The van der Waals surface area contributed by atoms with Gasteiger partial charge in [-0.2, -0.15) is 0 Å². The van der Waals surface area contributed by atoms with E-state index in [1.807, 2.05) is 28.5 Å². The van der Waals surface area contributed by atoms with E-state index in [-0.39, 0.29) is 5.91 Å². The lowest BCUT2D eigenvalue weighted by Gasteiger charge is -2.16. The minimum Gasteiger partial charge on any atom is -0.336 e. The minimum absolute atomic E-state index is 0.0324. The number of hydrogen-bond acceptors (Lipinski definition) is 4. The zero-order chi connectivity index (χ0) is 16.4. The smallest absolute Gasteiger partial charge is 0.273 e. The first-order valence-electron chi connectivity index (χ1n) is 8.09. The van der Waals surface area contributed by atoms with E-state index in [0.717, 1.165) is 11.6 Å². The van der Waals surface area contributed by atoms with Gasteiger partial charge in [0.1, 0.15) is 5.69 Å². The van der Waals surface area contributed by atoms with Crippen LogP contribution in [0.5, 0.6) is 0 Å². The number of rotatable bonds is 4. The van der Waals surface area contributed by atoms with Gasteiger partial charge in [-0.3, -0.25) is 4.79 Å². The van der Waals surface area contributed by atoms with Crippen LogP contribution in [0, 0.1) is 5.92 Å². The molecule has 0 unspecified atom stereocenters. The molecular weight excluding hydrogens is 306 g/mol. The lowest BCUT2D eigenvalue weighted by atomic mass is 9.89. The predicted molar refractivity (Wildman–Crippen MR) is 93.8 cm³/mol. The fourth-order valence-electron chi connectivity index (χ4n) is 3.17. The molecule has 1 aliphatic heterocycles. The van der Waals surface area contributed by atoms with Crippen molar-refractivity contribution >= 4 is 17.2 Å². The molecule has 2 aromatic rings. The SMILES string of the molecule is CC(C)c1nc(C(=O)N2C[C@@H](CN)[C@H](c3ccccc3)C2)cs1. The number of carbonyl (C=O) groups excluding carboxylic acids is 1. The fourth-order valence-corrected chi connectivity index (χ4v) is 3.98. The van der Waals surface area contributed by atoms with Gasteiger partial charge in [-0.15, -0.1) is 11.3 Å². The van der Waals surface area contributed by atoms with Crippen molar-refractivity contribution in [1.29, 1.82) is 0 Å². The molecule has 2 N–H and O–H groups in total. The number of nitrogens with zero attached hydrogens (tertiary/aromatic N) is 2. The van der Waals surface area contributed by atoms with Crippen LogP contribution in [0.3, 0.4) is 0 Å². The maximum Gasteiger partial charge on any atom is 0.273 e. The number of amides is 1. The number of carbonyl (C=O) groups is 1. The Morgan fingerprint density at radius 1 is 1.35 bits per heavy atom. The van der Waals surface area contributed by atoms with Crippen molar-refractivity contribution in [3.63, 3.8) is 0 Å². The van der Waals surface area contributed by atoms with Crippen molar-refractivity contribution in [3.8, 4) is 0 Å². The maximum absolute atomic E-state index is 12.8. The second-order valence-corrected chi connectivity index (χ2v) is 7.34. The van der Waals surface area contributed by atoms with Crippen LogP contribution >= 0.6 is 11.3 Å². The van der Waals surface area contributed by atoms with Gasteiger partial charge in [-0.25, -0.2) is 4.98 Å². The van der Waals surface area contributed by atoms with Crippen molar-refractivity contribution in [2.75, 3.05) is 19.6 Å². The molecule has 0 aliphatic carbocycles. The first-order valence-corrected chi connectivity index (χ1v) is 8.97. The lowest BCUT2D eigenvalue weighted by Crippen LogP contribution is -2.30. The van der Waals surface area contributed by atoms with E-state index in [1.54, 1.807) is 11.3 Å². The van der Waals surface area contributed by atoms with E-state index in [1.165, 1.54) is 5.56 Å². The molecule has 122 valence electrons. The van der Waals surface area contributed by atoms with Gasteiger partial charge in [0.05, 0.1) is 5.01 Å². The van der Waals surface area contributed by atoms with Crippen LogP contribution in [0.15, 0.2) is 35.7 Å². The van der Waals surface area contributed by atoms with Crippen LogP contribution in [0.4, 0.5) is 0 Å². The maximum atomic E-state index is 12.8. The van der Waals surface area contributed by atoms with Crippen LogP contribution in [-0.4, -0.2) is 35.4 Å². The molecular formula is C18H23N3OS. The van der Waals surface area contributed by atoms with Gasteiger partial charge in [0.2, 0.25) is 0 Å². The van der Waals surface area contributed by atoms with Crippen molar-refractivity contribution in [2.24, 2.45) is 11.7 Å². The fraction of sp³-hybridized carbons (Fsp3) is 0.444. The van der Waals surface area contributed by atoms with E-state index in [2.05, 4.69) is 31.0 Å². The van der Waals surface area contributed by atoms with Gasteiger partial charge in [0.25, 0.3) is 5.91 Å². The Labute approximate surface area is 141 Å². The van der Waals surface area contributed by atoms with E-state index < -0.39 is 0 Å². The number of hydrogen-bond donors (Lipinski definition) is 1. The summed E-state index contributed by atoms with van der Waals surface area (Å²) < 4.78 is 0. The molecule has 1 amide bonds. The Hall–Kier alpha value is -1.72. The van der Waals surface area contributed by atoms with Gasteiger partial charge in [0.15, 0.2) is 0 Å². The Kier molecular flexibility index (Phi) is 4.78. The Bertz CT molecular complexity index is 668. The van der Waals surface area contributed by atoms with Crippen LogP contribution in [0.25, 0.3) is 0 Å². The molecule has 1 aromatic heterocycles. The van der Waals surface area contributed by atoms with E-state index in [0.29, 0.717) is 36.5 Å². The summed E-state index contributed by atoms with van der Waals surface area (Å²) in [5.74, 6) is 1.01. The molecule has 0 bridgehead atoms. The first-order chi connectivity index (χ1) is 11.1. The summed E-state index contributed by atoms with van der Waals surface area (Å²) in [4.78, 5) is 19.2. The van der Waals surface area contributed by atoms with E-state index in [4.69, 9.17) is 5.73 Å². The number of likely N-dealkylation sites (tertiary alicyclic amines) is 1. The van der Waals surface area contributed by atoms with Gasteiger partial charge >= 0.3 is 0 Å². The second kappa shape index (κ2) is 6.81. The zero-order valence-electron chi connectivity index (χ0n) is 13.6. The van der Waals surface area contributed by atoms with E-state index in [9.17, 15) is 4.79 Å². The number of thiazole rings is 1. The highest BCUT2D eigenvalue weighted by Crippen LogP contribution is 2.33. The molecule has 2 heterocycles. The summed E-state index contributed by atoms with van der Waals surface area (Å²) in [6, 6.07) is 10.4. The third-order valence-electron chi connectivity index (χ3n) is 4.49. The molecule has 3 rings (SSSR count). The van der Waals surface area contributed by atoms with E-state index >= 15 is 0 Å². The highest BCUT2D eigenvalue weighted by atomic mass is 32.1. The zero-order valence-corrected chi connectivity index (χ0v) is 14.4. The standard InChI is InChI=1S/C18H23N3OS/c1-12(2)17-20-16(11-23-17)18(22)21-9-14(8-19)15(10-21)13-6-4-3-5-7-13/h3-7,11-12,14-15H,8-10,19H2,1-2H3/t14-,15+/m1/s1. The summed E-state index contributed by atoms with van der Waals surface area (Å²) >= 11 is 1.57. The van der Waals surface area contributed by atoms with Crippen molar-refractivity contribution in [3.05, 3.63) is 52.0 Å². The Morgan fingerprint density at radius 3 is 2.70 bits per heavy atom. The molecule has 1 fully saturated rings. The molecule has 23 heavy (non-hydrogen) atoms. The average molecular weight is 329 g/mol. The van der Waals surface area contributed by atoms with Crippen molar-refractivity contribution in [2.45, 2.75) is 25.7 Å². The van der Waals surface area contributed by atoms with Crippen molar-refractivity contribution < 1.29 is 4.79 Å². The molecule has 0 spiro atoms. The lowest BCUT2D eigenvalue weighted by molar-refractivity contribution is 0.0781. The number of benzene rings is 1. The van der Waals surface area contributed by atoms with Crippen LogP contribution in [0.1, 0.15) is 46.7 Å². The first kappa shape index (κ1) is 16.1. The molecule has 0 radical (unpaired) electrons. The minimum atomic E-state index is 0.0324. The van der Waals surface area contributed by atoms with Crippen LogP contribution < -0.4 is 5.73 Å². The average Bonchev–Trinajstić information content (AvgIpc) is 3.22. The summed E-state index contributed by atoms with van der Waals surface area (Å²) in [5.41, 5.74) is 7.79. The molecule has 0 saturated carbocycles. The van der Waals surface area contributed by atoms with Gasteiger partial charge in [-0.05, 0) is 18.0 Å². The number of aromatic nitrogens is 1. The van der Waals surface area contributed by atoms with Crippen LogP contribution in [0.2, 0.25) is 0 Å². The van der Waals surface area contributed by atoms with Gasteiger partial charge in [-0.1, -0.05) is 44.2 Å². The molecule has 4 nitrogen and oxygen atoms in total. The molecule has 1 aliphatic rings. The van der Waals surface area contributed by atoms with Crippen molar-refractivity contribution in [1.82, 2.24) is 9.88 Å². The third kappa shape index (κ3) is 3.31. The van der Waals surface area contributed by atoms with Gasteiger partial charge < -0.3 is 10.6 Å². The molecule has 1 saturated heterocycles. The monoisotopic (exact) mass is 329 g/mol. The normalized spacial score (nSPS) is 21.1. The third-order valence-corrected chi connectivity index (χ3v) is 5.64. The van der Waals surface area contributed by atoms with Crippen LogP contribution in [-0.2, 0) is 0 Å². The van der Waals surface area contributed by atoms with Gasteiger partial charge in [0, 0.05) is 30.3 Å². The largest absolute Gasteiger partial charge is 0.336 e.